The molecule has 0 bridgehead atoms. The van der Waals surface area contributed by atoms with Crippen LogP contribution in [0.15, 0.2) is 30.6 Å². The summed E-state index contributed by atoms with van der Waals surface area (Å²) in [5, 5.41) is 16.3. The number of piperidine rings is 1. The first-order valence-electron chi connectivity index (χ1n) is 13.5. The van der Waals surface area contributed by atoms with Crippen LogP contribution in [-0.2, 0) is 11.3 Å². The Kier molecular flexibility index (Phi) is 8.22. The van der Waals surface area contributed by atoms with E-state index in [1.165, 1.54) is 23.0 Å². The van der Waals surface area contributed by atoms with E-state index in [0.717, 1.165) is 0 Å². The van der Waals surface area contributed by atoms with Crippen LogP contribution in [0.25, 0.3) is 16.8 Å². The zero-order valence-corrected chi connectivity index (χ0v) is 24.0. The van der Waals surface area contributed by atoms with Crippen molar-refractivity contribution in [2.45, 2.75) is 56.2 Å². The van der Waals surface area contributed by atoms with Crippen LogP contribution in [0.3, 0.4) is 0 Å². The highest BCUT2D eigenvalue weighted by molar-refractivity contribution is 6.34. The molecule has 2 fully saturated rings. The SMILES string of the molecule is C[C@@](O)(C(=O)N1C[C@H](F)[C@H](NC(=O)c2cc(-c3cc(CN4CCC(F)(F)CC4)c4c(N)ncnn34)ccc2Cl)C1)C(F)(F)F. The number of likely N-dealkylation sites (tertiary alicyclic amines) is 2. The largest absolute Gasteiger partial charge is 0.426 e. The molecule has 3 atom stereocenters. The number of nitrogens with two attached hydrogens (primary N) is 1. The van der Waals surface area contributed by atoms with Crippen molar-refractivity contribution < 1.29 is 41.0 Å². The minimum atomic E-state index is -5.29. The summed E-state index contributed by atoms with van der Waals surface area (Å²) in [4.78, 5) is 31.9. The van der Waals surface area contributed by atoms with E-state index in [1.807, 2.05) is 4.90 Å². The van der Waals surface area contributed by atoms with Crippen molar-refractivity contribution in [3.63, 3.8) is 0 Å². The van der Waals surface area contributed by atoms with Gasteiger partial charge in [0.2, 0.25) is 5.60 Å². The van der Waals surface area contributed by atoms with Gasteiger partial charge in [0.1, 0.15) is 18.0 Å². The molecule has 3 aromatic rings. The molecule has 17 heteroatoms. The van der Waals surface area contributed by atoms with Gasteiger partial charge in [-0.05, 0) is 30.7 Å². The molecule has 0 saturated carbocycles. The number of nitrogen functional groups attached to an aromatic ring is 1. The van der Waals surface area contributed by atoms with Gasteiger partial charge in [0.25, 0.3) is 17.7 Å². The number of anilines is 1. The number of aliphatic hydroxyl groups is 1. The number of benzene rings is 1. The van der Waals surface area contributed by atoms with Crippen molar-refractivity contribution in [1.29, 1.82) is 0 Å². The fourth-order valence-corrected chi connectivity index (χ4v) is 5.55. The standard InChI is InChI=1S/C27H28ClF6N7O3/c1-25(44,27(32,33)34)24(43)40-11-18(29)19(12-40)38-23(42)16-8-14(2-3-17(16)28)20-9-15(21-22(35)36-13-37-41(20)21)10-39-6-4-26(30,31)5-7-39/h2-3,8-9,13,18-19,44H,4-7,10-12H2,1H3,(H,38,42)(H2,35,36,37)/t18-,19+,25+/m0/s1. The summed E-state index contributed by atoms with van der Waals surface area (Å²) >= 11 is 6.29. The molecule has 2 amide bonds. The second-order valence-corrected chi connectivity index (χ2v) is 11.6. The number of hydrogen-bond donors (Lipinski definition) is 3. The Morgan fingerprint density at radius 3 is 2.52 bits per heavy atom. The molecule has 2 aromatic heterocycles. The summed E-state index contributed by atoms with van der Waals surface area (Å²) in [7, 11) is 0. The predicted octanol–water partition coefficient (Wildman–Crippen LogP) is 3.46. The molecular formula is C27H28ClF6N7O3. The van der Waals surface area contributed by atoms with Gasteiger partial charge in [-0.25, -0.2) is 22.7 Å². The fourth-order valence-electron chi connectivity index (χ4n) is 5.35. The number of halogens is 7. The van der Waals surface area contributed by atoms with Crippen LogP contribution in [0.4, 0.5) is 32.2 Å². The van der Waals surface area contributed by atoms with Gasteiger partial charge in [-0.1, -0.05) is 17.7 Å². The van der Waals surface area contributed by atoms with Crippen LogP contribution in [-0.4, -0.2) is 97.4 Å². The van der Waals surface area contributed by atoms with Crippen LogP contribution in [0.1, 0.15) is 35.7 Å². The molecule has 0 spiro atoms. The third kappa shape index (κ3) is 6.02. The lowest BCUT2D eigenvalue weighted by molar-refractivity contribution is -0.249. The molecule has 5 rings (SSSR count). The Morgan fingerprint density at radius 2 is 1.86 bits per heavy atom. The molecule has 2 saturated heterocycles. The highest BCUT2D eigenvalue weighted by atomic mass is 35.5. The second kappa shape index (κ2) is 11.4. The van der Waals surface area contributed by atoms with Gasteiger partial charge in [-0.3, -0.25) is 14.5 Å². The first-order chi connectivity index (χ1) is 20.5. The number of amides is 2. The van der Waals surface area contributed by atoms with E-state index < -0.39 is 54.8 Å². The Bertz CT molecular complexity index is 1590. The highest BCUT2D eigenvalue weighted by Crippen LogP contribution is 2.35. The summed E-state index contributed by atoms with van der Waals surface area (Å²) in [6, 6.07) is 4.78. The molecule has 0 unspecified atom stereocenters. The number of alkyl halides is 6. The van der Waals surface area contributed by atoms with Gasteiger partial charge >= 0.3 is 6.18 Å². The first-order valence-corrected chi connectivity index (χ1v) is 13.9. The molecule has 4 heterocycles. The third-order valence-electron chi connectivity index (χ3n) is 7.97. The van der Waals surface area contributed by atoms with E-state index in [9.17, 15) is 41.0 Å². The number of hydrogen-bond acceptors (Lipinski definition) is 7. The maximum absolute atomic E-state index is 14.8. The summed E-state index contributed by atoms with van der Waals surface area (Å²) in [6.07, 6.45) is -6.53. The van der Waals surface area contributed by atoms with Crippen LogP contribution < -0.4 is 11.1 Å². The molecule has 2 aliphatic rings. The van der Waals surface area contributed by atoms with E-state index in [4.69, 9.17) is 17.3 Å². The Labute approximate surface area is 251 Å². The van der Waals surface area contributed by atoms with Crippen LogP contribution >= 0.6 is 11.6 Å². The lowest BCUT2D eigenvalue weighted by Gasteiger charge is -2.31. The molecule has 10 nitrogen and oxygen atoms in total. The van der Waals surface area contributed by atoms with Crippen molar-refractivity contribution in [2.75, 3.05) is 31.9 Å². The molecule has 4 N–H and O–H groups in total. The minimum Gasteiger partial charge on any atom is -0.382 e. The lowest BCUT2D eigenvalue weighted by Crippen LogP contribution is -2.56. The lowest BCUT2D eigenvalue weighted by atomic mass is 10.0. The monoisotopic (exact) mass is 647 g/mol. The zero-order valence-electron chi connectivity index (χ0n) is 23.2. The molecule has 1 aromatic carbocycles. The topological polar surface area (TPSA) is 129 Å². The first kappa shape index (κ1) is 31.8. The Balaban J connectivity index is 1.38. The summed E-state index contributed by atoms with van der Waals surface area (Å²) in [5.41, 5.74) is 4.34. The fraction of sp³-hybridized carbons (Fsp3) is 0.481. The average Bonchev–Trinajstić information content (AvgIpc) is 3.49. The van der Waals surface area contributed by atoms with Gasteiger partial charge in [0.05, 0.1) is 28.9 Å². The maximum atomic E-state index is 14.8. The quantitative estimate of drug-likeness (QED) is 0.350. The third-order valence-corrected chi connectivity index (χ3v) is 8.30. The summed E-state index contributed by atoms with van der Waals surface area (Å²) in [6.45, 7) is -0.467. The molecule has 238 valence electrons. The maximum Gasteiger partial charge on any atom is 0.426 e. The van der Waals surface area contributed by atoms with E-state index in [2.05, 4.69) is 15.4 Å². The zero-order chi connectivity index (χ0) is 32.2. The van der Waals surface area contributed by atoms with E-state index in [0.29, 0.717) is 27.2 Å². The number of carbonyl (C=O) groups excluding carboxylic acids is 2. The number of carbonyl (C=O) groups is 2. The Morgan fingerprint density at radius 1 is 1.18 bits per heavy atom. The van der Waals surface area contributed by atoms with Crippen molar-refractivity contribution >= 4 is 34.7 Å². The van der Waals surface area contributed by atoms with Crippen molar-refractivity contribution in [2.24, 2.45) is 0 Å². The predicted molar refractivity (Wildman–Crippen MR) is 147 cm³/mol. The van der Waals surface area contributed by atoms with Gasteiger partial charge in [0, 0.05) is 44.6 Å². The molecule has 0 radical (unpaired) electrons. The van der Waals surface area contributed by atoms with Crippen LogP contribution in [0.2, 0.25) is 5.02 Å². The number of rotatable bonds is 6. The average molecular weight is 648 g/mol. The van der Waals surface area contributed by atoms with Crippen molar-refractivity contribution in [1.82, 2.24) is 29.7 Å². The van der Waals surface area contributed by atoms with Crippen LogP contribution in [0.5, 0.6) is 0 Å². The second-order valence-electron chi connectivity index (χ2n) is 11.2. The number of nitrogens with one attached hydrogen (secondary N) is 1. The number of aromatic nitrogens is 3. The van der Waals surface area contributed by atoms with Crippen LogP contribution in [0, 0.1) is 0 Å². The summed E-state index contributed by atoms with van der Waals surface area (Å²) < 4.78 is 83.0. The smallest absolute Gasteiger partial charge is 0.382 e. The Hall–Kier alpha value is -3.63. The molecule has 0 aliphatic carbocycles. The van der Waals surface area contributed by atoms with Crippen molar-refractivity contribution in [3.8, 4) is 11.3 Å². The van der Waals surface area contributed by atoms with Gasteiger partial charge in [-0.2, -0.15) is 18.3 Å². The highest BCUT2D eigenvalue weighted by Gasteiger charge is 2.58. The van der Waals surface area contributed by atoms with E-state index >= 15 is 0 Å². The normalized spacial score (nSPS) is 22.2. The van der Waals surface area contributed by atoms with Crippen molar-refractivity contribution in [3.05, 3.63) is 46.7 Å². The van der Waals surface area contributed by atoms with E-state index in [-0.39, 0.29) is 55.8 Å². The summed E-state index contributed by atoms with van der Waals surface area (Å²) in [5.74, 6) is -5.16. The molecular weight excluding hydrogens is 620 g/mol. The molecule has 2 aliphatic heterocycles. The van der Waals surface area contributed by atoms with Gasteiger partial charge < -0.3 is 21.1 Å². The van der Waals surface area contributed by atoms with Gasteiger partial charge in [-0.15, -0.1) is 0 Å². The molecule has 44 heavy (non-hydrogen) atoms. The number of fused-ring (bicyclic) bond motifs is 1. The van der Waals surface area contributed by atoms with E-state index in [1.54, 1.807) is 12.1 Å². The van der Waals surface area contributed by atoms with Gasteiger partial charge in [0.15, 0.2) is 5.82 Å². The number of nitrogens with zero attached hydrogens (tertiary/aromatic N) is 5. The minimum absolute atomic E-state index is 0.0166.